The van der Waals surface area contributed by atoms with E-state index in [9.17, 15) is 4.79 Å². The number of rotatable bonds is 1. The van der Waals surface area contributed by atoms with Gasteiger partial charge in [0.25, 0.3) is 5.89 Å². The standard InChI is InChI=1S/C8H12N2O2/c1-5(11)6-9-10-7(12-6)8(2,3)4/h1-4H3. The zero-order chi connectivity index (χ0) is 9.35. The third-order valence-corrected chi connectivity index (χ3v) is 1.37. The zero-order valence-electron chi connectivity index (χ0n) is 7.71. The van der Waals surface area contributed by atoms with Crippen LogP contribution in [0.4, 0.5) is 0 Å². The molecule has 0 bridgehead atoms. The molecule has 0 saturated heterocycles. The molecule has 0 aromatic carbocycles. The number of hydrogen-bond donors (Lipinski definition) is 0. The molecular formula is C8H12N2O2. The van der Waals surface area contributed by atoms with Crippen molar-refractivity contribution in [3.63, 3.8) is 0 Å². The summed E-state index contributed by atoms with van der Waals surface area (Å²) in [5, 5.41) is 7.39. The quantitative estimate of drug-likeness (QED) is 0.597. The summed E-state index contributed by atoms with van der Waals surface area (Å²) < 4.78 is 5.14. The molecule has 4 nitrogen and oxygen atoms in total. The number of Topliss-reactive ketones (excluding diaryl/α,β-unsaturated/α-hetero) is 1. The van der Waals surface area contributed by atoms with Crippen molar-refractivity contribution in [3.05, 3.63) is 11.8 Å². The van der Waals surface area contributed by atoms with E-state index >= 15 is 0 Å². The summed E-state index contributed by atoms with van der Waals surface area (Å²) in [5.41, 5.74) is -0.194. The highest BCUT2D eigenvalue weighted by Crippen LogP contribution is 2.20. The van der Waals surface area contributed by atoms with Gasteiger partial charge in [-0.2, -0.15) is 0 Å². The Morgan fingerprint density at radius 1 is 1.33 bits per heavy atom. The van der Waals surface area contributed by atoms with Gasteiger partial charge in [0.1, 0.15) is 0 Å². The van der Waals surface area contributed by atoms with Crippen molar-refractivity contribution in [3.8, 4) is 0 Å². The van der Waals surface area contributed by atoms with Gasteiger partial charge in [-0.05, 0) is 0 Å². The molecule has 0 saturated carbocycles. The van der Waals surface area contributed by atoms with Crippen LogP contribution in [-0.4, -0.2) is 16.0 Å². The van der Waals surface area contributed by atoms with Crippen molar-refractivity contribution < 1.29 is 9.21 Å². The van der Waals surface area contributed by atoms with Gasteiger partial charge < -0.3 is 4.42 Å². The minimum Gasteiger partial charge on any atom is -0.418 e. The Hall–Kier alpha value is -1.19. The largest absolute Gasteiger partial charge is 0.418 e. The van der Waals surface area contributed by atoms with E-state index in [-0.39, 0.29) is 17.1 Å². The third kappa shape index (κ3) is 1.69. The first-order chi connectivity index (χ1) is 5.41. The summed E-state index contributed by atoms with van der Waals surface area (Å²) in [6.07, 6.45) is 0. The highest BCUT2D eigenvalue weighted by Gasteiger charge is 2.22. The molecule has 0 unspecified atom stereocenters. The average Bonchev–Trinajstić information content (AvgIpc) is 2.30. The lowest BCUT2D eigenvalue weighted by Gasteiger charge is -2.10. The van der Waals surface area contributed by atoms with Gasteiger partial charge in [-0.1, -0.05) is 20.8 Å². The van der Waals surface area contributed by atoms with Gasteiger partial charge in [-0.15, -0.1) is 10.2 Å². The first kappa shape index (κ1) is 8.90. The molecule has 0 spiro atoms. The fourth-order valence-corrected chi connectivity index (χ4v) is 0.669. The van der Waals surface area contributed by atoms with Gasteiger partial charge in [-0.3, -0.25) is 4.79 Å². The normalized spacial score (nSPS) is 11.7. The minimum atomic E-state index is -0.196. The number of aromatic nitrogens is 2. The maximum Gasteiger partial charge on any atom is 0.283 e. The molecule has 0 fully saturated rings. The molecule has 0 aliphatic heterocycles. The van der Waals surface area contributed by atoms with E-state index in [1.165, 1.54) is 6.92 Å². The van der Waals surface area contributed by atoms with Crippen molar-refractivity contribution in [2.24, 2.45) is 0 Å². The summed E-state index contributed by atoms with van der Waals surface area (Å²) in [4.78, 5) is 10.8. The number of ketones is 1. The van der Waals surface area contributed by atoms with E-state index in [1.807, 2.05) is 20.8 Å². The Kier molecular flexibility index (Phi) is 2.00. The second-order valence-corrected chi connectivity index (χ2v) is 3.72. The van der Waals surface area contributed by atoms with Gasteiger partial charge in [0, 0.05) is 12.3 Å². The van der Waals surface area contributed by atoms with Gasteiger partial charge in [0.2, 0.25) is 11.7 Å². The molecule has 1 rings (SSSR count). The first-order valence-electron chi connectivity index (χ1n) is 3.76. The Balaban J connectivity index is 3.00. The first-order valence-corrected chi connectivity index (χ1v) is 3.76. The molecule has 0 atom stereocenters. The fourth-order valence-electron chi connectivity index (χ4n) is 0.669. The zero-order valence-corrected chi connectivity index (χ0v) is 7.71. The van der Waals surface area contributed by atoms with Crippen LogP contribution in [0.3, 0.4) is 0 Å². The molecular weight excluding hydrogens is 156 g/mol. The van der Waals surface area contributed by atoms with Crippen LogP contribution in [0, 0.1) is 0 Å². The SMILES string of the molecule is CC(=O)c1nnc(C(C)(C)C)o1. The number of nitrogens with zero attached hydrogens (tertiary/aromatic N) is 2. The van der Waals surface area contributed by atoms with Crippen molar-refractivity contribution in [2.75, 3.05) is 0 Å². The summed E-state index contributed by atoms with van der Waals surface area (Å²) in [6, 6.07) is 0. The lowest BCUT2D eigenvalue weighted by atomic mass is 9.97. The lowest BCUT2D eigenvalue weighted by Crippen LogP contribution is -2.11. The molecule has 0 aliphatic rings. The van der Waals surface area contributed by atoms with Gasteiger partial charge in [0.15, 0.2) is 0 Å². The van der Waals surface area contributed by atoms with E-state index in [0.29, 0.717) is 5.89 Å². The van der Waals surface area contributed by atoms with E-state index in [2.05, 4.69) is 10.2 Å². The Morgan fingerprint density at radius 2 is 1.92 bits per heavy atom. The molecule has 0 radical (unpaired) electrons. The highest BCUT2D eigenvalue weighted by molar-refractivity contribution is 5.89. The van der Waals surface area contributed by atoms with Crippen molar-refractivity contribution >= 4 is 5.78 Å². The molecule has 1 aromatic heterocycles. The molecule has 0 N–H and O–H groups in total. The van der Waals surface area contributed by atoms with Gasteiger partial charge in [-0.25, -0.2) is 0 Å². The highest BCUT2D eigenvalue weighted by atomic mass is 16.4. The maximum absolute atomic E-state index is 10.8. The number of carbonyl (C=O) groups excluding carboxylic acids is 1. The monoisotopic (exact) mass is 168 g/mol. The molecule has 4 heteroatoms. The van der Waals surface area contributed by atoms with Crippen LogP contribution in [0.2, 0.25) is 0 Å². The van der Waals surface area contributed by atoms with Gasteiger partial charge in [0.05, 0.1) is 0 Å². The Labute approximate surface area is 71.0 Å². The average molecular weight is 168 g/mol. The number of carbonyl (C=O) groups is 1. The molecule has 0 amide bonds. The molecule has 1 aromatic rings. The second kappa shape index (κ2) is 2.69. The second-order valence-electron chi connectivity index (χ2n) is 3.72. The van der Waals surface area contributed by atoms with Crippen LogP contribution in [0.15, 0.2) is 4.42 Å². The lowest BCUT2D eigenvalue weighted by molar-refractivity contribution is 0.0977. The van der Waals surface area contributed by atoms with E-state index in [1.54, 1.807) is 0 Å². The van der Waals surface area contributed by atoms with Crippen LogP contribution in [0.1, 0.15) is 44.3 Å². The van der Waals surface area contributed by atoms with Crippen molar-refractivity contribution in [1.82, 2.24) is 10.2 Å². The fraction of sp³-hybridized carbons (Fsp3) is 0.625. The van der Waals surface area contributed by atoms with Crippen LogP contribution in [-0.2, 0) is 5.41 Å². The summed E-state index contributed by atoms with van der Waals surface area (Å²) in [6.45, 7) is 7.25. The molecule has 1 heterocycles. The summed E-state index contributed by atoms with van der Waals surface area (Å²) >= 11 is 0. The van der Waals surface area contributed by atoms with Gasteiger partial charge >= 0.3 is 0 Å². The Morgan fingerprint density at radius 3 is 2.17 bits per heavy atom. The Bertz CT molecular complexity index is 296. The smallest absolute Gasteiger partial charge is 0.283 e. The van der Waals surface area contributed by atoms with Crippen LogP contribution in [0.5, 0.6) is 0 Å². The van der Waals surface area contributed by atoms with Crippen molar-refractivity contribution in [1.29, 1.82) is 0 Å². The molecule has 66 valence electrons. The third-order valence-electron chi connectivity index (χ3n) is 1.37. The van der Waals surface area contributed by atoms with E-state index in [4.69, 9.17) is 4.42 Å². The molecule has 0 aliphatic carbocycles. The van der Waals surface area contributed by atoms with Crippen molar-refractivity contribution in [2.45, 2.75) is 33.1 Å². The predicted octanol–water partition coefficient (Wildman–Crippen LogP) is 1.57. The van der Waals surface area contributed by atoms with Crippen LogP contribution in [0.25, 0.3) is 0 Å². The van der Waals surface area contributed by atoms with Crippen LogP contribution < -0.4 is 0 Å². The number of hydrogen-bond acceptors (Lipinski definition) is 4. The van der Waals surface area contributed by atoms with E-state index < -0.39 is 0 Å². The summed E-state index contributed by atoms with van der Waals surface area (Å²) in [7, 11) is 0. The van der Waals surface area contributed by atoms with Crippen LogP contribution >= 0.6 is 0 Å². The summed E-state index contributed by atoms with van der Waals surface area (Å²) in [5.74, 6) is 0.380. The predicted molar refractivity (Wildman–Crippen MR) is 43.0 cm³/mol. The molecule has 12 heavy (non-hydrogen) atoms. The topological polar surface area (TPSA) is 56.0 Å². The maximum atomic E-state index is 10.8. The minimum absolute atomic E-state index is 0.0833. The van der Waals surface area contributed by atoms with E-state index in [0.717, 1.165) is 0 Å².